The number of carbonyl (C=O) groups excluding carboxylic acids is 1. The van der Waals surface area contributed by atoms with E-state index in [9.17, 15) is 13.2 Å². The molecule has 0 saturated carbocycles. The van der Waals surface area contributed by atoms with Gasteiger partial charge in [0.05, 0.1) is 4.90 Å². The molecule has 0 aromatic heterocycles. The van der Waals surface area contributed by atoms with E-state index in [2.05, 4.69) is 5.32 Å². The second-order valence-corrected chi connectivity index (χ2v) is 5.36. The van der Waals surface area contributed by atoms with E-state index in [4.69, 9.17) is 5.73 Å². The van der Waals surface area contributed by atoms with Gasteiger partial charge in [0.25, 0.3) is 5.91 Å². The van der Waals surface area contributed by atoms with Crippen molar-refractivity contribution in [2.24, 2.45) is 5.73 Å². The first kappa shape index (κ1) is 12.7. The molecule has 16 heavy (non-hydrogen) atoms. The summed E-state index contributed by atoms with van der Waals surface area (Å²) in [6.07, 6.45) is 1.12. The van der Waals surface area contributed by atoms with Crippen LogP contribution in [0.5, 0.6) is 0 Å². The zero-order chi connectivity index (χ0) is 12.2. The Balaban J connectivity index is 2.83. The normalized spacial score (nSPS) is 11.1. The first-order valence-corrected chi connectivity index (χ1v) is 6.62. The van der Waals surface area contributed by atoms with Crippen LogP contribution in [0.1, 0.15) is 10.4 Å². The lowest BCUT2D eigenvalue weighted by molar-refractivity contribution is 0.0954. The minimum absolute atomic E-state index is 0.197. The standard InChI is InChI=1S/C10H14N2O3S/c1-16(14,15)9-4-2-8(3-5-9)10(13)12-7-6-11/h2-5H,6-7,11H2,1H3,(H,12,13). The highest BCUT2D eigenvalue weighted by molar-refractivity contribution is 7.90. The second kappa shape index (κ2) is 5.09. The van der Waals surface area contributed by atoms with Gasteiger partial charge in [-0.2, -0.15) is 0 Å². The van der Waals surface area contributed by atoms with Crippen molar-refractivity contribution < 1.29 is 13.2 Å². The van der Waals surface area contributed by atoms with Crippen LogP contribution in [0, 0.1) is 0 Å². The molecule has 3 N–H and O–H groups in total. The predicted octanol–water partition coefficient (Wildman–Crippen LogP) is -0.221. The lowest BCUT2D eigenvalue weighted by Crippen LogP contribution is -2.28. The first-order valence-electron chi connectivity index (χ1n) is 4.73. The summed E-state index contributed by atoms with van der Waals surface area (Å²) < 4.78 is 22.3. The van der Waals surface area contributed by atoms with Gasteiger partial charge in [-0.3, -0.25) is 4.79 Å². The van der Waals surface area contributed by atoms with Gasteiger partial charge in [-0.25, -0.2) is 8.42 Å². The van der Waals surface area contributed by atoms with Crippen LogP contribution in [0.3, 0.4) is 0 Å². The second-order valence-electron chi connectivity index (χ2n) is 3.34. The summed E-state index contributed by atoms with van der Waals surface area (Å²) in [5, 5.41) is 2.59. The molecule has 0 heterocycles. The Bertz CT molecular complexity index is 465. The van der Waals surface area contributed by atoms with Gasteiger partial charge in [-0.15, -0.1) is 0 Å². The van der Waals surface area contributed by atoms with Gasteiger partial charge in [0.1, 0.15) is 0 Å². The maximum atomic E-state index is 11.4. The lowest BCUT2D eigenvalue weighted by Gasteiger charge is -2.04. The molecule has 0 radical (unpaired) electrons. The smallest absolute Gasteiger partial charge is 0.251 e. The average Bonchev–Trinajstić information content (AvgIpc) is 2.25. The molecule has 0 aliphatic rings. The van der Waals surface area contributed by atoms with Crippen molar-refractivity contribution in [3.05, 3.63) is 29.8 Å². The highest BCUT2D eigenvalue weighted by atomic mass is 32.2. The Kier molecular flexibility index (Phi) is 4.03. The molecule has 88 valence electrons. The van der Waals surface area contributed by atoms with Crippen LogP contribution >= 0.6 is 0 Å². The van der Waals surface area contributed by atoms with Gasteiger partial charge in [-0.05, 0) is 24.3 Å². The van der Waals surface area contributed by atoms with Crippen LogP contribution in [0.4, 0.5) is 0 Å². The van der Waals surface area contributed by atoms with Crippen LogP contribution in [0.15, 0.2) is 29.2 Å². The monoisotopic (exact) mass is 242 g/mol. The van der Waals surface area contributed by atoms with Crippen molar-refractivity contribution in [2.45, 2.75) is 4.90 Å². The van der Waals surface area contributed by atoms with E-state index in [-0.39, 0.29) is 10.8 Å². The SMILES string of the molecule is CS(=O)(=O)c1ccc(C(=O)NCCN)cc1. The summed E-state index contributed by atoms with van der Waals surface area (Å²) in [4.78, 5) is 11.6. The van der Waals surface area contributed by atoms with E-state index in [0.29, 0.717) is 18.7 Å². The summed E-state index contributed by atoms with van der Waals surface area (Å²) in [5.74, 6) is -0.259. The van der Waals surface area contributed by atoms with Gasteiger partial charge in [0, 0.05) is 24.9 Å². The third kappa shape index (κ3) is 3.32. The zero-order valence-corrected chi connectivity index (χ0v) is 9.75. The number of nitrogens with one attached hydrogen (secondary N) is 1. The van der Waals surface area contributed by atoms with Crippen molar-refractivity contribution in [1.29, 1.82) is 0 Å². The zero-order valence-electron chi connectivity index (χ0n) is 8.93. The predicted molar refractivity (Wildman–Crippen MR) is 60.9 cm³/mol. The van der Waals surface area contributed by atoms with Crippen molar-refractivity contribution >= 4 is 15.7 Å². The summed E-state index contributed by atoms with van der Waals surface area (Å²) in [6, 6.07) is 5.77. The quantitative estimate of drug-likeness (QED) is 0.763. The van der Waals surface area contributed by atoms with Gasteiger partial charge >= 0.3 is 0 Å². The highest BCUT2D eigenvalue weighted by Crippen LogP contribution is 2.09. The number of sulfone groups is 1. The molecular formula is C10H14N2O3S. The third-order valence-electron chi connectivity index (χ3n) is 1.97. The lowest BCUT2D eigenvalue weighted by atomic mass is 10.2. The van der Waals surface area contributed by atoms with E-state index >= 15 is 0 Å². The fraction of sp³-hybridized carbons (Fsp3) is 0.300. The van der Waals surface area contributed by atoms with E-state index in [0.717, 1.165) is 6.26 Å². The maximum Gasteiger partial charge on any atom is 0.251 e. The molecule has 0 unspecified atom stereocenters. The molecule has 1 rings (SSSR count). The minimum Gasteiger partial charge on any atom is -0.351 e. The van der Waals surface area contributed by atoms with Gasteiger partial charge in [-0.1, -0.05) is 0 Å². The Morgan fingerprint density at radius 3 is 2.31 bits per heavy atom. The van der Waals surface area contributed by atoms with Crippen molar-refractivity contribution in [3.63, 3.8) is 0 Å². The molecule has 1 aromatic carbocycles. The van der Waals surface area contributed by atoms with Crippen LogP contribution in [-0.4, -0.2) is 33.7 Å². The maximum absolute atomic E-state index is 11.4. The van der Waals surface area contributed by atoms with Crippen molar-refractivity contribution in [1.82, 2.24) is 5.32 Å². The minimum atomic E-state index is -3.21. The Hall–Kier alpha value is -1.40. The van der Waals surface area contributed by atoms with E-state index in [1.54, 1.807) is 0 Å². The molecule has 1 aromatic rings. The van der Waals surface area contributed by atoms with E-state index < -0.39 is 9.84 Å². The highest BCUT2D eigenvalue weighted by Gasteiger charge is 2.09. The summed E-state index contributed by atoms with van der Waals surface area (Å²) in [6.45, 7) is 0.764. The Morgan fingerprint density at radius 1 is 1.31 bits per heavy atom. The van der Waals surface area contributed by atoms with Crippen LogP contribution in [0.2, 0.25) is 0 Å². The summed E-state index contributed by atoms with van der Waals surface area (Å²) >= 11 is 0. The molecule has 0 spiro atoms. The molecule has 5 nitrogen and oxygen atoms in total. The molecule has 0 saturated heterocycles. The number of amides is 1. The molecule has 0 fully saturated rings. The summed E-state index contributed by atoms with van der Waals surface area (Å²) in [5.41, 5.74) is 5.66. The molecule has 0 aliphatic heterocycles. The van der Waals surface area contributed by atoms with Crippen LogP contribution in [0.25, 0.3) is 0 Å². The average molecular weight is 242 g/mol. The van der Waals surface area contributed by atoms with Crippen molar-refractivity contribution in [2.75, 3.05) is 19.3 Å². The van der Waals surface area contributed by atoms with Crippen molar-refractivity contribution in [3.8, 4) is 0 Å². The van der Waals surface area contributed by atoms with Gasteiger partial charge in [0.15, 0.2) is 9.84 Å². The number of benzene rings is 1. The van der Waals surface area contributed by atoms with Gasteiger partial charge in [0.2, 0.25) is 0 Å². The Labute approximate surface area is 94.6 Å². The first-order chi connectivity index (χ1) is 7.45. The number of hydrogen-bond acceptors (Lipinski definition) is 4. The van der Waals surface area contributed by atoms with Crippen LogP contribution < -0.4 is 11.1 Å². The van der Waals surface area contributed by atoms with Crippen LogP contribution in [-0.2, 0) is 9.84 Å². The Morgan fingerprint density at radius 2 is 1.88 bits per heavy atom. The molecule has 0 atom stereocenters. The topological polar surface area (TPSA) is 89.3 Å². The number of rotatable bonds is 4. The molecule has 0 aliphatic carbocycles. The number of hydrogen-bond donors (Lipinski definition) is 2. The largest absolute Gasteiger partial charge is 0.351 e. The summed E-state index contributed by atoms with van der Waals surface area (Å²) in [7, 11) is -3.21. The molecule has 0 bridgehead atoms. The fourth-order valence-electron chi connectivity index (χ4n) is 1.14. The van der Waals surface area contributed by atoms with Gasteiger partial charge < -0.3 is 11.1 Å². The number of nitrogens with two attached hydrogens (primary N) is 1. The number of carbonyl (C=O) groups is 1. The fourth-order valence-corrected chi connectivity index (χ4v) is 1.77. The molecule has 6 heteroatoms. The van der Waals surface area contributed by atoms with E-state index in [1.165, 1.54) is 24.3 Å². The molecular weight excluding hydrogens is 228 g/mol. The third-order valence-corrected chi connectivity index (χ3v) is 3.10. The molecule has 1 amide bonds. The van der Waals surface area contributed by atoms with E-state index in [1.807, 2.05) is 0 Å².